The highest BCUT2D eigenvalue weighted by Crippen LogP contribution is 2.15. The number of furan rings is 1. The van der Waals surface area contributed by atoms with Crippen LogP contribution in [0, 0.1) is 0 Å². The Kier molecular flexibility index (Phi) is 7.69. The van der Waals surface area contributed by atoms with E-state index < -0.39 is 0 Å². The summed E-state index contributed by atoms with van der Waals surface area (Å²) in [6.45, 7) is 8.23. The minimum Gasteiger partial charge on any atom is -0.459 e. The number of amides is 1. The highest BCUT2D eigenvalue weighted by Gasteiger charge is 2.21. The molecule has 0 spiro atoms. The molecule has 0 bridgehead atoms. The van der Waals surface area contributed by atoms with Crippen LogP contribution in [0.5, 0.6) is 0 Å². The Morgan fingerprint density at radius 3 is 2.59 bits per heavy atom. The molecular weight excluding hydrogens is 368 g/mol. The van der Waals surface area contributed by atoms with E-state index in [0.29, 0.717) is 18.4 Å². The van der Waals surface area contributed by atoms with Crippen LogP contribution < -0.4 is 10.6 Å². The Balaban J connectivity index is 1.56. The van der Waals surface area contributed by atoms with Crippen molar-refractivity contribution in [2.24, 2.45) is 4.99 Å². The molecule has 1 aliphatic rings. The van der Waals surface area contributed by atoms with Gasteiger partial charge < -0.3 is 24.7 Å². The monoisotopic (exact) mass is 398 g/mol. The first-order valence-electron chi connectivity index (χ1n) is 10.3. The molecule has 0 unspecified atom stereocenters. The molecule has 1 aromatic carbocycles. The number of likely N-dealkylation sites (tertiary alicyclic amines) is 1. The minimum absolute atomic E-state index is 0.259. The third kappa shape index (κ3) is 6.09. The van der Waals surface area contributed by atoms with Crippen molar-refractivity contribution in [1.82, 2.24) is 10.2 Å². The molecule has 7 heteroatoms. The predicted molar refractivity (Wildman–Crippen MR) is 114 cm³/mol. The number of aliphatic imine (C=N–C) groups is 1. The minimum atomic E-state index is -0.259. The number of nitrogens with one attached hydrogen (secondary N) is 2. The highest BCUT2D eigenvalue weighted by atomic mass is 16.5. The molecule has 2 heterocycles. The number of hydrogen-bond acceptors (Lipinski definition) is 4. The van der Waals surface area contributed by atoms with Gasteiger partial charge in [0.05, 0.1) is 18.9 Å². The van der Waals surface area contributed by atoms with Gasteiger partial charge in [0, 0.05) is 31.9 Å². The fourth-order valence-corrected chi connectivity index (χ4v) is 3.36. The zero-order valence-corrected chi connectivity index (χ0v) is 17.2. The summed E-state index contributed by atoms with van der Waals surface area (Å²) in [6.07, 6.45) is 3.91. The Morgan fingerprint density at radius 2 is 1.97 bits per heavy atom. The molecule has 1 aromatic heterocycles. The molecule has 1 aliphatic heterocycles. The third-order valence-corrected chi connectivity index (χ3v) is 4.85. The maximum atomic E-state index is 12.0. The fourth-order valence-electron chi connectivity index (χ4n) is 3.36. The average Bonchev–Trinajstić information content (AvgIpc) is 3.28. The summed E-state index contributed by atoms with van der Waals surface area (Å²) in [4.78, 5) is 19.1. The standard InChI is InChI=1S/C22H30N4O3/c1-3-23-22(26-13-11-19(12-14-26)28-4-2)24-16-17-7-9-18(10-8-17)25-21(27)20-6-5-15-29-20/h5-10,15,19H,3-4,11-14,16H2,1-2H3,(H,23,24)(H,25,27). The maximum absolute atomic E-state index is 12.0. The summed E-state index contributed by atoms with van der Waals surface area (Å²) >= 11 is 0. The van der Waals surface area contributed by atoms with E-state index in [1.54, 1.807) is 12.1 Å². The van der Waals surface area contributed by atoms with E-state index in [0.717, 1.165) is 56.3 Å². The number of carbonyl (C=O) groups excluding carboxylic acids is 1. The fraction of sp³-hybridized carbons (Fsp3) is 0.455. The van der Waals surface area contributed by atoms with E-state index >= 15 is 0 Å². The Bertz CT molecular complexity index is 779. The number of guanidine groups is 1. The topological polar surface area (TPSA) is 79.1 Å². The smallest absolute Gasteiger partial charge is 0.291 e. The van der Waals surface area contributed by atoms with Crippen molar-refractivity contribution in [2.75, 3.05) is 31.6 Å². The van der Waals surface area contributed by atoms with Crippen LogP contribution in [0.1, 0.15) is 42.8 Å². The number of piperidine rings is 1. The highest BCUT2D eigenvalue weighted by molar-refractivity contribution is 6.02. The van der Waals surface area contributed by atoms with Gasteiger partial charge in [-0.15, -0.1) is 0 Å². The first-order chi connectivity index (χ1) is 14.2. The average molecular weight is 399 g/mol. The third-order valence-electron chi connectivity index (χ3n) is 4.85. The van der Waals surface area contributed by atoms with Crippen LogP contribution in [0.25, 0.3) is 0 Å². The van der Waals surface area contributed by atoms with Crippen LogP contribution in [0.15, 0.2) is 52.1 Å². The molecular formula is C22H30N4O3. The van der Waals surface area contributed by atoms with Crippen molar-refractivity contribution in [3.05, 3.63) is 54.0 Å². The van der Waals surface area contributed by atoms with Crippen LogP contribution in [0.3, 0.4) is 0 Å². The van der Waals surface area contributed by atoms with Gasteiger partial charge in [-0.1, -0.05) is 12.1 Å². The molecule has 0 radical (unpaired) electrons. The first-order valence-corrected chi connectivity index (χ1v) is 10.3. The largest absolute Gasteiger partial charge is 0.459 e. The van der Waals surface area contributed by atoms with Crippen LogP contribution >= 0.6 is 0 Å². The number of rotatable bonds is 7. The Morgan fingerprint density at radius 1 is 1.21 bits per heavy atom. The molecule has 29 heavy (non-hydrogen) atoms. The number of anilines is 1. The van der Waals surface area contributed by atoms with Crippen molar-refractivity contribution in [3.63, 3.8) is 0 Å². The zero-order chi connectivity index (χ0) is 20.5. The second-order valence-corrected chi connectivity index (χ2v) is 6.94. The molecule has 2 aromatic rings. The molecule has 1 fully saturated rings. The molecule has 1 amide bonds. The summed E-state index contributed by atoms with van der Waals surface area (Å²) in [7, 11) is 0. The van der Waals surface area contributed by atoms with E-state index in [1.165, 1.54) is 6.26 Å². The molecule has 3 rings (SSSR count). The van der Waals surface area contributed by atoms with Gasteiger partial charge in [-0.3, -0.25) is 4.79 Å². The summed E-state index contributed by atoms with van der Waals surface area (Å²) in [5.74, 6) is 0.977. The molecule has 2 N–H and O–H groups in total. The number of hydrogen-bond donors (Lipinski definition) is 2. The second-order valence-electron chi connectivity index (χ2n) is 6.94. The van der Waals surface area contributed by atoms with Gasteiger partial charge in [0.1, 0.15) is 0 Å². The van der Waals surface area contributed by atoms with Gasteiger partial charge in [0.15, 0.2) is 11.7 Å². The van der Waals surface area contributed by atoms with Gasteiger partial charge >= 0.3 is 0 Å². The lowest BCUT2D eigenvalue weighted by molar-refractivity contribution is 0.0263. The first kappa shape index (κ1) is 20.9. The van der Waals surface area contributed by atoms with Gasteiger partial charge in [0.25, 0.3) is 5.91 Å². The lowest BCUT2D eigenvalue weighted by Crippen LogP contribution is -2.47. The van der Waals surface area contributed by atoms with Crippen LogP contribution in [0.2, 0.25) is 0 Å². The van der Waals surface area contributed by atoms with Crippen molar-refractivity contribution in [2.45, 2.75) is 39.3 Å². The Labute approximate surface area is 172 Å². The normalized spacial score (nSPS) is 15.4. The van der Waals surface area contributed by atoms with E-state index in [1.807, 2.05) is 31.2 Å². The number of ether oxygens (including phenoxy) is 1. The number of benzene rings is 1. The van der Waals surface area contributed by atoms with Crippen LogP contribution in [-0.2, 0) is 11.3 Å². The van der Waals surface area contributed by atoms with Gasteiger partial charge in [-0.2, -0.15) is 0 Å². The van der Waals surface area contributed by atoms with Crippen LogP contribution in [0.4, 0.5) is 5.69 Å². The van der Waals surface area contributed by atoms with Crippen molar-refractivity contribution >= 4 is 17.6 Å². The summed E-state index contributed by atoms with van der Waals surface area (Å²) in [5.41, 5.74) is 1.81. The molecule has 1 saturated heterocycles. The summed E-state index contributed by atoms with van der Waals surface area (Å²) in [5, 5.41) is 6.21. The lowest BCUT2D eigenvalue weighted by atomic mass is 10.1. The van der Waals surface area contributed by atoms with E-state index in [-0.39, 0.29) is 5.91 Å². The van der Waals surface area contributed by atoms with E-state index in [2.05, 4.69) is 22.5 Å². The maximum Gasteiger partial charge on any atom is 0.291 e. The molecule has 7 nitrogen and oxygen atoms in total. The van der Waals surface area contributed by atoms with Gasteiger partial charge in [0.2, 0.25) is 0 Å². The molecule has 0 aliphatic carbocycles. The summed E-state index contributed by atoms with van der Waals surface area (Å²) < 4.78 is 10.8. The molecule has 0 saturated carbocycles. The van der Waals surface area contributed by atoms with Crippen molar-refractivity contribution < 1.29 is 13.9 Å². The molecule has 0 atom stereocenters. The SMILES string of the molecule is CCNC(=NCc1ccc(NC(=O)c2ccco2)cc1)N1CCC(OCC)CC1. The van der Waals surface area contributed by atoms with Crippen molar-refractivity contribution in [3.8, 4) is 0 Å². The Hall–Kier alpha value is -2.80. The molecule has 156 valence electrons. The predicted octanol–water partition coefficient (Wildman–Crippen LogP) is 3.50. The zero-order valence-electron chi connectivity index (χ0n) is 17.2. The quantitative estimate of drug-likeness (QED) is 0.551. The van der Waals surface area contributed by atoms with E-state index in [4.69, 9.17) is 14.1 Å². The number of carbonyl (C=O) groups is 1. The second kappa shape index (κ2) is 10.7. The van der Waals surface area contributed by atoms with Gasteiger partial charge in [-0.25, -0.2) is 4.99 Å². The van der Waals surface area contributed by atoms with Gasteiger partial charge in [-0.05, 0) is 56.5 Å². The van der Waals surface area contributed by atoms with Crippen LogP contribution in [-0.4, -0.2) is 49.1 Å². The van der Waals surface area contributed by atoms with Crippen molar-refractivity contribution in [1.29, 1.82) is 0 Å². The lowest BCUT2D eigenvalue weighted by Gasteiger charge is -2.34. The van der Waals surface area contributed by atoms with E-state index in [9.17, 15) is 4.79 Å². The summed E-state index contributed by atoms with van der Waals surface area (Å²) in [6, 6.07) is 11.0. The number of nitrogens with zero attached hydrogens (tertiary/aromatic N) is 2.